The molecule has 8 heteroatoms. The van der Waals surface area contributed by atoms with Crippen molar-refractivity contribution in [1.29, 1.82) is 0 Å². The van der Waals surface area contributed by atoms with E-state index in [9.17, 15) is 15.2 Å². The average molecular weight is 416 g/mol. The van der Waals surface area contributed by atoms with Gasteiger partial charge in [0.25, 0.3) is 0 Å². The Morgan fingerprint density at radius 3 is 2.13 bits per heavy atom. The van der Waals surface area contributed by atoms with Crippen molar-refractivity contribution in [1.82, 2.24) is 0 Å². The van der Waals surface area contributed by atoms with E-state index in [1.807, 2.05) is 19.9 Å². The van der Waals surface area contributed by atoms with Crippen molar-refractivity contribution >= 4 is 17.4 Å². The number of ether oxygens (including phenoxy) is 3. The van der Waals surface area contributed by atoms with Crippen LogP contribution in [0.1, 0.15) is 56.9 Å². The molecule has 162 valence electrons. The molecule has 0 radical (unpaired) electrons. The maximum absolute atomic E-state index is 12.4. The Bertz CT molecular complexity index is 924. The molecule has 30 heavy (non-hydrogen) atoms. The van der Waals surface area contributed by atoms with Crippen molar-refractivity contribution in [3.63, 3.8) is 0 Å². The lowest BCUT2D eigenvalue weighted by Gasteiger charge is -2.26. The van der Waals surface area contributed by atoms with E-state index in [0.29, 0.717) is 34.6 Å². The molecule has 0 fully saturated rings. The molecule has 0 saturated carbocycles. The summed E-state index contributed by atoms with van der Waals surface area (Å²) in [6.07, 6.45) is 4.71. The predicted molar refractivity (Wildman–Crippen MR) is 113 cm³/mol. The Kier molecular flexibility index (Phi) is 7.63. The van der Waals surface area contributed by atoms with Gasteiger partial charge in [-0.1, -0.05) is 35.8 Å². The lowest BCUT2D eigenvalue weighted by Crippen LogP contribution is -2.21. The molecular formula is C22H28N2O6. The second kappa shape index (κ2) is 9.96. The highest BCUT2D eigenvalue weighted by atomic mass is 16.5. The van der Waals surface area contributed by atoms with Crippen LogP contribution in [0.4, 0.5) is 0 Å². The highest BCUT2D eigenvalue weighted by molar-refractivity contribution is 6.27. The van der Waals surface area contributed by atoms with Crippen LogP contribution in [-0.2, 0) is 9.53 Å². The maximum atomic E-state index is 12.4. The summed E-state index contributed by atoms with van der Waals surface area (Å²) in [5.74, 6) is 0.0412. The fourth-order valence-corrected chi connectivity index (χ4v) is 3.13. The van der Waals surface area contributed by atoms with Crippen molar-refractivity contribution in [2.75, 3.05) is 14.2 Å². The van der Waals surface area contributed by atoms with Gasteiger partial charge in [0.2, 0.25) is 0 Å². The van der Waals surface area contributed by atoms with E-state index in [0.717, 1.165) is 5.57 Å². The van der Waals surface area contributed by atoms with Crippen molar-refractivity contribution in [3.8, 4) is 11.5 Å². The summed E-state index contributed by atoms with van der Waals surface area (Å²) in [4.78, 5) is 12.4. The summed E-state index contributed by atoms with van der Waals surface area (Å²) in [7, 11) is 2.94. The highest BCUT2D eigenvalue weighted by Gasteiger charge is 2.32. The topological polar surface area (TPSA) is 110 Å². The number of carbonyl (C=O) groups excluding carboxylic acids is 1. The molecule has 0 unspecified atom stereocenters. The van der Waals surface area contributed by atoms with Gasteiger partial charge in [-0.25, -0.2) is 0 Å². The van der Waals surface area contributed by atoms with Gasteiger partial charge < -0.3 is 24.6 Å². The predicted octanol–water partition coefficient (Wildman–Crippen LogP) is 4.23. The molecule has 0 bridgehead atoms. The molecule has 1 aliphatic carbocycles. The number of esters is 1. The molecule has 2 rings (SSSR count). The number of nitrogens with zero attached hydrogens (tertiary/aromatic N) is 2. The number of hydrogen-bond donors (Lipinski definition) is 2. The lowest BCUT2D eigenvalue weighted by molar-refractivity contribution is -0.153. The normalized spacial score (nSPS) is 16.4. The molecule has 1 aliphatic rings. The minimum atomic E-state index is -0.663. The number of carbonyl (C=O) groups is 1. The number of methoxy groups -OCH3 is 2. The summed E-state index contributed by atoms with van der Waals surface area (Å²) in [6, 6.07) is 1.69. The number of rotatable bonds is 7. The number of benzene rings is 1. The zero-order chi connectivity index (χ0) is 22.4. The lowest BCUT2D eigenvalue weighted by atomic mass is 9.88. The van der Waals surface area contributed by atoms with Gasteiger partial charge in [-0.15, -0.1) is 0 Å². The first-order chi connectivity index (χ1) is 14.3. The molecule has 0 saturated heterocycles. The monoisotopic (exact) mass is 416 g/mol. The summed E-state index contributed by atoms with van der Waals surface area (Å²) >= 11 is 0. The van der Waals surface area contributed by atoms with Crippen molar-refractivity contribution < 1.29 is 29.4 Å². The van der Waals surface area contributed by atoms with Crippen LogP contribution in [0.3, 0.4) is 0 Å². The second-order valence-corrected chi connectivity index (χ2v) is 7.35. The summed E-state index contributed by atoms with van der Waals surface area (Å²) in [5.41, 5.74) is 2.83. The van der Waals surface area contributed by atoms with Gasteiger partial charge in [-0.2, -0.15) is 0 Å². The van der Waals surface area contributed by atoms with Crippen LogP contribution in [0.15, 0.2) is 40.2 Å². The Morgan fingerprint density at radius 1 is 1.07 bits per heavy atom. The third-order valence-corrected chi connectivity index (χ3v) is 4.64. The molecule has 0 aromatic heterocycles. The molecule has 0 aliphatic heterocycles. The zero-order valence-electron chi connectivity index (χ0n) is 18.1. The van der Waals surface area contributed by atoms with Crippen molar-refractivity contribution in [3.05, 3.63) is 46.6 Å². The molecule has 1 aromatic carbocycles. The van der Waals surface area contributed by atoms with E-state index in [1.54, 1.807) is 19.9 Å². The number of oxime groups is 2. The van der Waals surface area contributed by atoms with Crippen molar-refractivity contribution in [2.45, 2.75) is 40.2 Å². The first-order valence-corrected chi connectivity index (χ1v) is 9.54. The van der Waals surface area contributed by atoms with Crippen LogP contribution in [-0.4, -0.2) is 42.0 Å². The van der Waals surface area contributed by atoms with Crippen LogP contribution in [0.2, 0.25) is 0 Å². The largest absolute Gasteiger partial charge is 0.496 e. The van der Waals surface area contributed by atoms with Crippen molar-refractivity contribution in [2.24, 2.45) is 16.2 Å². The first kappa shape index (κ1) is 23.0. The van der Waals surface area contributed by atoms with E-state index in [1.165, 1.54) is 26.4 Å². The summed E-state index contributed by atoms with van der Waals surface area (Å²) < 4.78 is 17.0. The SMILES string of the molecule is COc1cc([C@@H](CC=C(C)C)OC(=O)C(C)C)c(OC)c2c1/C(=N/O)C=C/C2=N\O. The maximum Gasteiger partial charge on any atom is 0.308 e. The van der Waals surface area contributed by atoms with Gasteiger partial charge in [-0.05, 0) is 32.1 Å². The van der Waals surface area contributed by atoms with Gasteiger partial charge in [-0.3, -0.25) is 4.79 Å². The molecular weight excluding hydrogens is 388 g/mol. The second-order valence-electron chi connectivity index (χ2n) is 7.35. The quantitative estimate of drug-likeness (QED) is 0.298. The summed E-state index contributed by atoms with van der Waals surface area (Å²) in [5, 5.41) is 25.6. The fourth-order valence-electron chi connectivity index (χ4n) is 3.13. The highest BCUT2D eigenvalue weighted by Crippen LogP contribution is 2.42. The molecule has 0 spiro atoms. The van der Waals surface area contributed by atoms with Gasteiger partial charge in [0.05, 0.1) is 31.3 Å². The standard InChI is InChI=1S/C22H28N2O6/c1-12(2)7-10-17(30-22(25)13(3)4)14-11-18(28-5)19-15(23-26)8-9-16(24-27)20(19)21(14)29-6/h7-9,11,13,17,26-27H,10H2,1-6H3/b23-15+,24-16+/t17-/m1/s1. The smallest absolute Gasteiger partial charge is 0.308 e. The fraction of sp³-hybridized carbons (Fsp3) is 0.409. The van der Waals surface area contributed by atoms with E-state index in [2.05, 4.69) is 10.3 Å². The number of hydrogen-bond acceptors (Lipinski definition) is 8. The first-order valence-electron chi connectivity index (χ1n) is 9.54. The van der Waals surface area contributed by atoms with Crippen LogP contribution in [0.5, 0.6) is 11.5 Å². The van der Waals surface area contributed by atoms with E-state index >= 15 is 0 Å². The zero-order valence-corrected chi connectivity index (χ0v) is 18.1. The van der Waals surface area contributed by atoms with Gasteiger partial charge >= 0.3 is 5.97 Å². The molecule has 0 amide bonds. The summed E-state index contributed by atoms with van der Waals surface area (Å²) in [6.45, 7) is 7.43. The van der Waals surface area contributed by atoms with Gasteiger partial charge in [0, 0.05) is 12.0 Å². The van der Waals surface area contributed by atoms with E-state index < -0.39 is 6.10 Å². The minimum absolute atomic E-state index is 0.200. The number of fused-ring (bicyclic) bond motifs is 1. The Balaban J connectivity index is 2.80. The minimum Gasteiger partial charge on any atom is -0.496 e. The Labute approximate surface area is 176 Å². The third-order valence-electron chi connectivity index (χ3n) is 4.64. The van der Waals surface area contributed by atoms with Crippen LogP contribution in [0, 0.1) is 5.92 Å². The van der Waals surface area contributed by atoms with Gasteiger partial charge in [0.15, 0.2) is 0 Å². The van der Waals surface area contributed by atoms with Gasteiger partial charge in [0.1, 0.15) is 29.0 Å². The van der Waals surface area contributed by atoms with Crippen LogP contribution >= 0.6 is 0 Å². The molecule has 0 heterocycles. The van der Waals surface area contributed by atoms with E-state index in [4.69, 9.17) is 14.2 Å². The molecule has 1 atom stereocenters. The molecule has 2 N–H and O–H groups in total. The Morgan fingerprint density at radius 2 is 1.67 bits per heavy atom. The van der Waals surface area contributed by atoms with Crippen LogP contribution < -0.4 is 9.47 Å². The molecule has 1 aromatic rings. The van der Waals surface area contributed by atoms with E-state index in [-0.39, 0.29) is 23.3 Å². The number of allylic oxidation sites excluding steroid dienone is 3. The third kappa shape index (κ3) is 4.64. The average Bonchev–Trinajstić information content (AvgIpc) is 2.73. The van der Waals surface area contributed by atoms with Crippen LogP contribution in [0.25, 0.3) is 0 Å². The Hall–Kier alpha value is -3.29. The molecule has 8 nitrogen and oxygen atoms in total.